The summed E-state index contributed by atoms with van der Waals surface area (Å²) in [5.74, 6) is -0.120. The highest BCUT2D eigenvalue weighted by Gasteiger charge is 2.08. The van der Waals surface area contributed by atoms with Crippen molar-refractivity contribution in [3.8, 4) is 0 Å². The van der Waals surface area contributed by atoms with Gasteiger partial charge in [0.05, 0.1) is 11.3 Å². The number of hydrogen-bond donors (Lipinski definition) is 1. The van der Waals surface area contributed by atoms with Crippen LogP contribution in [0, 0.1) is 0 Å². The first-order chi connectivity index (χ1) is 8.95. The minimum atomic E-state index is -3.20. The maximum atomic E-state index is 11.7. The molecule has 0 atom stereocenters. The van der Waals surface area contributed by atoms with Crippen LogP contribution in [-0.4, -0.2) is 20.6 Å². The molecule has 1 heterocycles. The molecule has 19 heavy (non-hydrogen) atoms. The molecule has 0 aliphatic carbocycles. The van der Waals surface area contributed by atoms with Crippen LogP contribution >= 0.6 is 11.3 Å². The minimum absolute atomic E-state index is 0.120. The Morgan fingerprint density at radius 2 is 1.89 bits per heavy atom. The molecule has 1 aromatic carbocycles. The first kappa shape index (κ1) is 13.8. The highest BCUT2D eigenvalue weighted by Crippen LogP contribution is 2.14. The molecular formula is C13H13NO3S2. The summed E-state index contributed by atoms with van der Waals surface area (Å²) in [6, 6.07) is 8.03. The standard InChI is InChI=1S/C13H13NO3S2/c1-19(16,17)12-4-2-11(3-5-12)14-13(15)8-10-6-7-18-9-10/h2-7,9H,8H2,1H3,(H,14,15). The summed E-state index contributed by atoms with van der Waals surface area (Å²) in [6.07, 6.45) is 1.47. The number of sulfone groups is 1. The Balaban J connectivity index is 2.02. The van der Waals surface area contributed by atoms with E-state index in [1.807, 2.05) is 16.8 Å². The molecule has 0 aliphatic rings. The summed E-state index contributed by atoms with van der Waals surface area (Å²) in [5, 5.41) is 6.57. The molecule has 6 heteroatoms. The van der Waals surface area contributed by atoms with Gasteiger partial charge in [-0.25, -0.2) is 8.42 Å². The fourth-order valence-corrected chi connectivity index (χ4v) is 2.87. The van der Waals surface area contributed by atoms with Gasteiger partial charge in [0, 0.05) is 11.9 Å². The van der Waals surface area contributed by atoms with E-state index >= 15 is 0 Å². The second-order valence-corrected chi connectivity index (χ2v) is 6.95. The van der Waals surface area contributed by atoms with E-state index in [4.69, 9.17) is 0 Å². The minimum Gasteiger partial charge on any atom is -0.326 e. The molecule has 0 spiro atoms. The molecule has 0 bridgehead atoms. The van der Waals surface area contributed by atoms with Gasteiger partial charge in [0.1, 0.15) is 0 Å². The lowest BCUT2D eigenvalue weighted by Crippen LogP contribution is -2.14. The van der Waals surface area contributed by atoms with Crippen molar-refractivity contribution in [3.63, 3.8) is 0 Å². The lowest BCUT2D eigenvalue weighted by Gasteiger charge is -2.05. The Morgan fingerprint density at radius 3 is 2.42 bits per heavy atom. The lowest BCUT2D eigenvalue weighted by molar-refractivity contribution is -0.115. The second kappa shape index (κ2) is 5.54. The molecule has 0 saturated carbocycles. The molecule has 0 fully saturated rings. The zero-order chi connectivity index (χ0) is 13.9. The fourth-order valence-electron chi connectivity index (χ4n) is 1.57. The molecule has 1 N–H and O–H groups in total. The van der Waals surface area contributed by atoms with E-state index in [-0.39, 0.29) is 10.8 Å². The van der Waals surface area contributed by atoms with Crippen LogP contribution in [0.3, 0.4) is 0 Å². The van der Waals surface area contributed by atoms with E-state index < -0.39 is 9.84 Å². The maximum Gasteiger partial charge on any atom is 0.228 e. The van der Waals surface area contributed by atoms with Crippen molar-refractivity contribution >= 4 is 32.8 Å². The van der Waals surface area contributed by atoms with Crippen LogP contribution in [0.5, 0.6) is 0 Å². The third-order valence-corrected chi connectivity index (χ3v) is 4.37. The van der Waals surface area contributed by atoms with Crippen molar-refractivity contribution in [1.29, 1.82) is 0 Å². The van der Waals surface area contributed by atoms with Crippen LogP contribution in [0.15, 0.2) is 46.0 Å². The lowest BCUT2D eigenvalue weighted by atomic mass is 10.2. The average Bonchev–Trinajstić information content (AvgIpc) is 2.81. The van der Waals surface area contributed by atoms with E-state index in [9.17, 15) is 13.2 Å². The van der Waals surface area contributed by atoms with Gasteiger partial charge in [-0.1, -0.05) is 0 Å². The number of nitrogens with one attached hydrogen (secondary N) is 1. The predicted octanol–water partition coefficient (Wildman–Crippen LogP) is 2.33. The van der Waals surface area contributed by atoms with Gasteiger partial charge >= 0.3 is 0 Å². The zero-order valence-electron chi connectivity index (χ0n) is 10.3. The van der Waals surface area contributed by atoms with E-state index in [1.54, 1.807) is 23.5 Å². The van der Waals surface area contributed by atoms with E-state index in [0.717, 1.165) is 11.8 Å². The number of benzene rings is 1. The monoisotopic (exact) mass is 295 g/mol. The maximum absolute atomic E-state index is 11.7. The number of carbonyl (C=O) groups excluding carboxylic acids is 1. The van der Waals surface area contributed by atoms with Gasteiger partial charge in [-0.2, -0.15) is 11.3 Å². The van der Waals surface area contributed by atoms with Crippen molar-refractivity contribution in [1.82, 2.24) is 0 Å². The SMILES string of the molecule is CS(=O)(=O)c1ccc(NC(=O)Cc2ccsc2)cc1. The summed E-state index contributed by atoms with van der Waals surface area (Å²) >= 11 is 1.55. The van der Waals surface area contributed by atoms with Crippen LogP contribution in [-0.2, 0) is 21.1 Å². The molecule has 4 nitrogen and oxygen atoms in total. The third kappa shape index (κ3) is 3.90. The number of amides is 1. The summed E-state index contributed by atoms with van der Waals surface area (Å²) in [4.78, 5) is 12.0. The first-order valence-electron chi connectivity index (χ1n) is 5.56. The van der Waals surface area contributed by atoms with Crippen LogP contribution in [0.25, 0.3) is 0 Å². The van der Waals surface area contributed by atoms with Crippen molar-refractivity contribution in [2.24, 2.45) is 0 Å². The normalized spacial score (nSPS) is 11.2. The van der Waals surface area contributed by atoms with Gasteiger partial charge < -0.3 is 5.32 Å². The van der Waals surface area contributed by atoms with Crippen molar-refractivity contribution in [2.45, 2.75) is 11.3 Å². The Hall–Kier alpha value is -1.66. The Morgan fingerprint density at radius 1 is 1.21 bits per heavy atom. The molecule has 2 aromatic rings. The summed E-state index contributed by atoms with van der Waals surface area (Å²) < 4.78 is 22.6. The van der Waals surface area contributed by atoms with Gasteiger partial charge in [-0.15, -0.1) is 0 Å². The van der Waals surface area contributed by atoms with Gasteiger partial charge in [0.15, 0.2) is 9.84 Å². The second-order valence-electron chi connectivity index (χ2n) is 4.15. The predicted molar refractivity (Wildman–Crippen MR) is 76.2 cm³/mol. The fraction of sp³-hybridized carbons (Fsp3) is 0.154. The highest BCUT2D eigenvalue weighted by atomic mass is 32.2. The molecule has 1 aromatic heterocycles. The Bertz CT molecular complexity index is 658. The van der Waals surface area contributed by atoms with E-state index in [2.05, 4.69) is 5.32 Å². The number of rotatable bonds is 4. The topological polar surface area (TPSA) is 63.2 Å². The quantitative estimate of drug-likeness (QED) is 0.941. The van der Waals surface area contributed by atoms with E-state index in [0.29, 0.717) is 12.1 Å². The van der Waals surface area contributed by atoms with Gasteiger partial charge in [-0.05, 0) is 46.7 Å². The number of carbonyl (C=O) groups is 1. The molecule has 1 amide bonds. The highest BCUT2D eigenvalue weighted by molar-refractivity contribution is 7.90. The zero-order valence-corrected chi connectivity index (χ0v) is 11.9. The third-order valence-electron chi connectivity index (χ3n) is 2.51. The number of anilines is 1. The van der Waals surface area contributed by atoms with Crippen LogP contribution in [0.2, 0.25) is 0 Å². The van der Waals surface area contributed by atoms with Crippen LogP contribution in [0.1, 0.15) is 5.56 Å². The molecule has 0 aliphatic heterocycles. The number of hydrogen-bond acceptors (Lipinski definition) is 4. The molecular weight excluding hydrogens is 282 g/mol. The Kier molecular flexibility index (Phi) is 4.01. The smallest absolute Gasteiger partial charge is 0.228 e. The van der Waals surface area contributed by atoms with Gasteiger partial charge in [-0.3, -0.25) is 4.79 Å². The van der Waals surface area contributed by atoms with Crippen molar-refractivity contribution in [3.05, 3.63) is 46.7 Å². The average molecular weight is 295 g/mol. The number of thiophene rings is 1. The summed E-state index contributed by atoms with van der Waals surface area (Å²) in [7, 11) is -3.20. The van der Waals surface area contributed by atoms with Crippen molar-refractivity contribution in [2.75, 3.05) is 11.6 Å². The van der Waals surface area contributed by atoms with Crippen LogP contribution < -0.4 is 5.32 Å². The first-order valence-corrected chi connectivity index (χ1v) is 8.39. The molecule has 0 saturated heterocycles. The van der Waals surface area contributed by atoms with Crippen molar-refractivity contribution < 1.29 is 13.2 Å². The summed E-state index contributed by atoms with van der Waals surface area (Å²) in [5.41, 5.74) is 1.56. The van der Waals surface area contributed by atoms with E-state index in [1.165, 1.54) is 12.1 Å². The summed E-state index contributed by atoms with van der Waals surface area (Å²) in [6.45, 7) is 0. The Labute approximate surface area is 116 Å². The van der Waals surface area contributed by atoms with Gasteiger partial charge in [0.2, 0.25) is 5.91 Å². The van der Waals surface area contributed by atoms with Crippen LogP contribution in [0.4, 0.5) is 5.69 Å². The molecule has 2 rings (SSSR count). The molecule has 100 valence electrons. The van der Waals surface area contributed by atoms with Gasteiger partial charge in [0.25, 0.3) is 0 Å². The largest absolute Gasteiger partial charge is 0.326 e. The molecule has 0 unspecified atom stereocenters. The molecule has 0 radical (unpaired) electrons.